The van der Waals surface area contributed by atoms with Crippen molar-refractivity contribution >= 4 is 20.6 Å². The van der Waals surface area contributed by atoms with Gasteiger partial charge in [-0.05, 0) is 35.2 Å². The smallest absolute Gasteiger partial charge is 0.244 e. The standard InChI is InChI=1S/C7H9BrF2O/c8-5(11)1-2-7(3-4-7)6(9)10/h6H,1-4H2. The zero-order valence-electron chi connectivity index (χ0n) is 5.95. The fraction of sp³-hybridized carbons (Fsp3) is 0.857. The predicted octanol–water partition coefficient (Wildman–Crippen LogP) is 2.73. The van der Waals surface area contributed by atoms with Crippen LogP contribution >= 0.6 is 15.9 Å². The minimum Gasteiger partial charge on any atom is -0.287 e. The van der Waals surface area contributed by atoms with Crippen molar-refractivity contribution in [3.63, 3.8) is 0 Å². The van der Waals surface area contributed by atoms with E-state index < -0.39 is 11.8 Å². The van der Waals surface area contributed by atoms with Gasteiger partial charge in [0.15, 0.2) is 4.69 Å². The maximum atomic E-state index is 12.2. The molecule has 4 heteroatoms. The van der Waals surface area contributed by atoms with Gasteiger partial charge in [-0.3, -0.25) is 4.79 Å². The van der Waals surface area contributed by atoms with E-state index in [1.54, 1.807) is 0 Å². The normalized spacial score (nSPS) is 20.4. The molecule has 64 valence electrons. The molecular formula is C7H9BrF2O. The molecule has 0 radical (unpaired) electrons. The average molecular weight is 227 g/mol. The van der Waals surface area contributed by atoms with E-state index in [-0.39, 0.29) is 11.1 Å². The summed E-state index contributed by atoms with van der Waals surface area (Å²) in [6.45, 7) is 0. The molecule has 0 saturated heterocycles. The summed E-state index contributed by atoms with van der Waals surface area (Å²) in [5.41, 5.74) is -0.802. The zero-order chi connectivity index (χ0) is 8.48. The Labute approximate surface area is 72.3 Å². The number of carbonyl (C=O) groups is 1. The van der Waals surface area contributed by atoms with Crippen LogP contribution in [0.15, 0.2) is 0 Å². The first-order chi connectivity index (χ1) is 5.07. The van der Waals surface area contributed by atoms with Crippen LogP contribution in [0.3, 0.4) is 0 Å². The maximum Gasteiger partial charge on any atom is 0.244 e. The predicted molar refractivity (Wildman–Crippen MR) is 40.8 cm³/mol. The molecular weight excluding hydrogens is 218 g/mol. The highest BCUT2D eigenvalue weighted by molar-refractivity contribution is 9.18. The molecule has 0 aromatic rings. The van der Waals surface area contributed by atoms with E-state index in [1.165, 1.54) is 0 Å². The Morgan fingerprint density at radius 1 is 1.55 bits per heavy atom. The summed E-state index contributed by atoms with van der Waals surface area (Å²) in [4.78, 5) is 10.4. The third-order valence-corrected chi connectivity index (χ3v) is 2.57. The molecule has 1 aliphatic rings. The van der Waals surface area contributed by atoms with Crippen LogP contribution in [-0.2, 0) is 4.79 Å². The van der Waals surface area contributed by atoms with Gasteiger partial charge in [-0.15, -0.1) is 0 Å². The van der Waals surface area contributed by atoms with E-state index in [9.17, 15) is 13.6 Å². The first-order valence-electron chi connectivity index (χ1n) is 3.53. The second kappa shape index (κ2) is 3.17. The lowest BCUT2D eigenvalue weighted by molar-refractivity contribution is -0.111. The number of alkyl halides is 2. The molecule has 0 atom stereocenters. The van der Waals surface area contributed by atoms with Crippen LogP contribution in [0, 0.1) is 5.41 Å². The Morgan fingerprint density at radius 3 is 2.36 bits per heavy atom. The van der Waals surface area contributed by atoms with Gasteiger partial charge in [0.05, 0.1) is 0 Å². The molecule has 11 heavy (non-hydrogen) atoms. The topological polar surface area (TPSA) is 17.1 Å². The molecule has 1 fully saturated rings. The van der Waals surface area contributed by atoms with Gasteiger partial charge < -0.3 is 0 Å². The highest BCUT2D eigenvalue weighted by atomic mass is 79.9. The molecule has 0 bridgehead atoms. The van der Waals surface area contributed by atoms with Crippen LogP contribution in [0.2, 0.25) is 0 Å². The summed E-state index contributed by atoms with van der Waals surface area (Å²) in [5.74, 6) is 0. The first kappa shape index (κ1) is 9.10. The van der Waals surface area contributed by atoms with E-state index in [0.29, 0.717) is 19.3 Å². The summed E-state index contributed by atoms with van der Waals surface area (Å²) >= 11 is 2.72. The van der Waals surface area contributed by atoms with Crippen LogP contribution in [0.4, 0.5) is 8.78 Å². The van der Waals surface area contributed by atoms with Crippen molar-refractivity contribution in [1.29, 1.82) is 0 Å². The Hall–Kier alpha value is 0.01000. The number of carbonyl (C=O) groups excluding carboxylic acids is 1. The lowest BCUT2D eigenvalue weighted by Gasteiger charge is -2.11. The van der Waals surface area contributed by atoms with Crippen molar-refractivity contribution in [3.8, 4) is 0 Å². The highest BCUT2D eigenvalue weighted by Crippen LogP contribution is 2.54. The molecule has 0 aromatic heterocycles. The average Bonchev–Trinajstić information content (AvgIpc) is 2.63. The molecule has 0 unspecified atom stereocenters. The number of rotatable bonds is 4. The number of hydrogen-bond acceptors (Lipinski definition) is 1. The van der Waals surface area contributed by atoms with E-state index in [1.807, 2.05) is 0 Å². The monoisotopic (exact) mass is 226 g/mol. The van der Waals surface area contributed by atoms with E-state index >= 15 is 0 Å². The Bertz CT molecular complexity index is 166. The second-order valence-corrected chi connectivity index (χ2v) is 3.90. The summed E-state index contributed by atoms with van der Waals surface area (Å²) in [5, 5.41) is 0. The van der Waals surface area contributed by atoms with Crippen LogP contribution in [0.5, 0.6) is 0 Å². The third kappa shape index (κ3) is 2.22. The maximum absolute atomic E-state index is 12.2. The molecule has 0 spiro atoms. The van der Waals surface area contributed by atoms with Crippen molar-refractivity contribution in [1.82, 2.24) is 0 Å². The van der Waals surface area contributed by atoms with E-state index in [0.717, 1.165) is 0 Å². The fourth-order valence-electron chi connectivity index (χ4n) is 1.09. The molecule has 0 heterocycles. The molecule has 1 aliphatic carbocycles. The Balaban J connectivity index is 2.30. The van der Waals surface area contributed by atoms with Gasteiger partial charge in [0.2, 0.25) is 6.43 Å². The van der Waals surface area contributed by atoms with Crippen molar-refractivity contribution in [3.05, 3.63) is 0 Å². The molecule has 0 aliphatic heterocycles. The van der Waals surface area contributed by atoms with Crippen LogP contribution in [-0.4, -0.2) is 11.1 Å². The minimum absolute atomic E-state index is 0.176. The van der Waals surface area contributed by atoms with Crippen molar-refractivity contribution in [2.75, 3.05) is 0 Å². The summed E-state index contributed by atoms with van der Waals surface area (Å²) in [6.07, 6.45) is -0.552. The van der Waals surface area contributed by atoms with Gasteiger partial charge in [0.25, 0.3) is 0 Å². The zero-order valence-corrected chi connectivity index (χ0v) is 7.53. The van der Waals surface area contributed by atoms with E-state index in [4.69, 9.17) is 0 Å². The SMILES string of the molecule is O=C(Br)CCC1(C(F)F)CC1. The summed E-state index contributed by atoms with van der Waals surface area (Å²) in [6, 6.07) is 0. The van der Waals surface area contributed by atoms with Crippen LogP contribution in [0.25, 0.3) is 0 Å². The van der Waals surface area contributed by atoms with Gasteiger partial charge in [-0.1, -0.05) is 0 Å². The largest absolute Gasteiger partial charge is 0.287 e. The quantitative estimate of drug-likeness (QED) is 0.675. The van der Waals surface area contributed by atoms with Crippen LogP contribution in [0.1, 0.15) is 25.7 Å². The molecule has 0 aromatic carbocycles. The lowest BCUT2D eigenvalue weighted by Crippen LogP contribution is -2.12. The third-order valence-electron chi connectivity index (χ3n) is 2.17. The summed E-state index contributed by atoms with van der Waals surface area (Å²) in [7, 11) is 0. The van der Waals surface area contributed by atoms with E-state index in [2.05, 4.69) is 15.9 Å². The van der Waals surface area contributed by atoms with Crippen LogP contribution < -0.4 is 0 Å². The van der Waals surface area contributed by atoms with Gasteiger partial charge in [-0.2, -0.15) is 0 Å². The minimum atomic E-state index is -2.26. The molecule has 1 saturated carbocycles. The van der Waals surface area contributed by atoms with Gasteiger partial charge in [0, 0.05) is 11.8 Å². The Kier molecular flexibility index (Phi) is 2.62. The van der Waals surface area contributed by atoms with Crippen molar-refractivity contribution < 1.29 is 13.6 Å². The number of hydrogen-bond donors (Lipinski definition) is 0. The fourth-order valence-corrected chi connectivity index (χ4v) is 1.28. The molecule has 1 nitrogen and oxygen atoms in total. The summed E-state index contributed by atoms with van der Waals surface area (Å²) < 4.78 is 24.2. The molecule has 0 N–H and O–H groups in total. The highest BCUT2D eigenvalue weighted by Gasteiger charge is 2.50. The van der Waals surface area contributed by atoms with Gasteiger partial charge in [0.1, 0.15) is 0 Å². The Morgan fingerprint density at radius 2 is 2.09 bits per heavy atom. The molecule has 1 rings (SSSR count). The van der Waals surface area contributed by atoms with Crippen molar-refractivity contribution in [2.24, 2.45) is 5.41 Å². The van der Waals surface area contributed by atoms with Gasteiger partial charge in [-0.25, -0.2) is 8.78 Å². The lowest BCUT2D eigenvalue weighted by atomic mass is 10.0. The number of halogens is 3. The molecule has 0 amide bonds. The second-order valence-electron chi connectivity index (χ2n) is 3.02. The van der Waals surface area contributed by atoms with Crippen molar-refractivity contribution in [2.45, 2.75) is 32.1 Å². The van der Waals surface area contributed by atoms with Gasteiger partial charge >= 0.3 is 0 Å². The first-order valence-corrected chi connectivity index (χ1v) is 4.33.